The van der Waals surface area contributed by atoms with Gasteiger partial charge in [-0.15, -0.1) is 0 Å². The summed E-state index contributed by atoms with van der Waals surface area (Å²) in [5.74, 6) is -3.58. The van der Waals surface area contributed by atoms with Gasteiger partial charge in [0.25, 0.3) is 5.91 Å². The Bertz CT molecular complexity index is 1390. The zero-order valence-corrected chi connectivity index (χ0v) is 23.7. The van der Waals surface area contributed by atoms with Gasteiger partial charge < -0.3 is 20.1 Å². The number of carbonyl (C=O) groups is 3. The Labute approximate surface area is 237 Å². The molecule has 0 aliphatic carbocycles. The third-order valence-corrected chi connectivity index (χ3v) is 6.16. The molecule has 0 saturated heterocycles. The van der Waals surface area contributed by atoms with Gasteiger partial charge in [-0.1, -0.05) is 52.0 Å². The number of benzene rings is 2. The molecule has 0 aliphatic heterocycles. The highest BCUT2D eigenvalue weighted by atomic mass is 19.1. The Morgan fingerprint density at radius 2 is 1.39 bits per heavy atom. The number of esters is 1. The summed E-state index contributed by atoms with van der Waals surface area (Å²) < 4.78 is 38.0. The van der Waals surface area contributed by atoms with Crippen LogP contribution in [0, 0.1) is 23.5 Å². The number of methoxy groups -OCH3 is 1. The number of hydrogen-bond acceptors (Lipinski definition) is 6. The third kappa shape index (κ3) is 7.75. The number of nitrogens with one attached hydrogen (secondary N) is 2. The zero-order valence-electron chi connectivity index (χ0n) is 23.7. The molecule has 10 heteroatoms. The summed E-state index contributed by atoms with van der Waals surface area (Å²) in [4.78, 5) is 43.2. The summed E-state index contributed by atoms with van der Waals surface area (Å²) in [5, 5.41) is 5.52. The van der Waals surface area contributed by atoms with Crippen molar-refractivity contribution in [2.75, 3.05) is 7.11 Å². The second kappa shape index (κ2) is 13.6. The number of carbonyl (C=O) groups excluding carboxylic acids is 3. The number of amides is 2. The van der Waals surface area contributed by atoms with E-state index < -0.39 is 41.4 Å². The van der Waals surface area contributed by atoms with Gasteiger partial charge >= 0.3 is 5.97 Å². The van der Waals surface area contributed by atoms with E-state index in [2.05, 4.69) is 15.6 Å². The Balaban J connectivity index is 1.94. The summed E-state index contributed by atoms with van der Waals surface area (Å²) in [6.45, 7) is 8.45. The first-order valence-electron chi connectivity index (χ1n) is 13.0. The van der Waals surface area contributed by atoms with E-state index in [1.54, 1.807) is 58.9 Å². The van der Waals surface area contributed by atoms with Gasteiger partial charge in [-0.2, -0.15) is 0 Å². The fourth-order valence-corrected chi connectivity index (χ4v) is 3.97. The van der Waals surface area contributed by atoms with Crippen molar-refractivity contribution in [1.29, 1.82) is 0 Å². The van der Waals surface area contributed by atoms with Crippen molar-refractivity contribution >= 4 is 23.4 Å². The number of rotatable bonds is 10. The number of aromatic nitrogens is 1. The highest BCUT2D eigenvalue weighted by Gasteiger charge is 2.29. The smallest absolute Gasteiger partial charge is 0.313 e. The first-order valence-corrected chi connectivity index (χ1v) is 13.0. The van der Waals surface area contributed by atoms with Crippen LogP contribution in [0.4, 0.5) is 8.78 Å². The summed E-state index contributed by atoms with van der Waals surface area (Å²) in [6, 6.07) is 11.8. The highest BCUT2D eigenvalue weighted by molar-refractivity contribution is 6.00. The predicted molar refractivity (Wildman–Crippen MR) is 150 cm³/mol. The average Bonchev–Trinajstić information content (AvgIpc) is 2.93. The Morgan fingerprint density at radius 3 is 1.85 bits per heavy atom. The van der Waals surface area contributed by atoms with Crippen LogP contribution in [0.1, 0.15) is 56.2 Å². The van der Waals surface area contributed by atoms with Crippen LogP contribution in [0.15, 0.2) is 66.5 Å². The fraction of sp³-hybridized carbons (Fsp3) is 0.290. The van der Waals surface area contributed by atoms with E-state index in [4.69, 9.17) is 9.47 Å². The zero-order chi connectivity index (χ0) is 30.3. The number of hydrogen-bond donors (Lipinski definition) is 2. The molecule has 0 unspecified atom stereocenters. The van der Waals surface area contributed by atoms with E-state index in [-0.39, 0.29) is 23.1 Å². The fourth-order valence-electron chi connectivity index (χ4n) is 3.97. The standard InChI is InChI=1S/C31H33F2N3O5/c1-17(2)26(36-30(38)27-28(41-31(39)18(3)4)24(40-6)15-16-34-27)29(37)35-19(5)25(20-7-11-22(32)12-8-20)21-9-13-23(33)14-10-21/h7-18,26H,1-6H3,(H,35,37)(H,36,38)/t26-/m0/s1. The molecule has 1 atom stereocenters. The SMILES string of the molecule is COc1ccnc(C(=O)N[C@H](C(=O)NC(C)=C(c2ccc(F)cc2)c2ccc(F)cc2)C(C)C)c1OC(=O)C(C)C. The largest absolute Gasteiger partial charge is 0.493 e. The number of ether oxygens (including phenoxy) is 2. The normalized spacial score (nSPS) is 11.6. The van der Waals surface area contributed by atoms with Gasteiger partial charge in [-0.05, 0) is 48.2 Å². The van der Waals surface area contributed by atoms with Crippen molar-refractivity contribution < 1.29 is 32.6 Å². The van der Waals surface area contributed by atoms with Gasteiger partial charge in [-0.3, -0.25) is 14.4 Å². The molecular weight excluding hydrogens is 532 g/mol. The molecule has 0 bridgehead atoms. The van der Waals surface area contributed by atoms with Gasteiger partial charge in [0.15, 0.2) is 11.4 Å². The molecule has 0 aliphatic rings. The van der Waals surface area contributed by atoms with E-state index in [0.717, 1.165) is 0 Å². The Hall–Kier alpha value is -4.60. The first-order chi connectivity index (χ1) is 19.4. The second-order valence-electron chi connectivity index (χ2n) is 9.96. The molecule has 2 amide bonds. The number of nitrogens with zero attached hydrogens (tertiary/aromatic N) is 1. The maximum absolute atomic E-state index is 13.6. The van der Waals surface area contributed by atoms with Crippen LogP contribution >= 0.6 is 0 Å². The molecule has 216 valence electrons. The molecule has 0 saturated carbocycles. The first kappa shape index (κ1) is 30.9. The third-order valence-electron chi connectivity index (χ3n) is 6.16. The van der Waals surface area contributed by atoms with Crippen LogP contribution < -0.4 is 20.1 Å². The minimum absolute atomic E-state index is 0.131. The van der Waals surface area contributed by atoms with Crippen LogP contribution in [-0.4, -0.2) is 35.9 Å². The molecule has 0 fully saturated rings. The molecule has 41 heavy (non-hydrogen) atoms. The molecule has 2 aromatic carbocycles. The van der Waals surface area contributed by atoms with Crippen molar-refractivity contribution in [2.45, 2.75) is 40.7 Å². The van der Waals surface area contributed by atoms with Crippen molar-refractivity contribution in [3.8, 4) is 11.5 Å². The Morgan fingerprint density at radius 1 is 0.854 bits per heavy atom. The highest BCUT2D eigenvalue weighted by Crippen LogP contribution is 2.31. The number of pyridine rings is 1. The van der Waals surface area contributed by atoms with E-state index in [1.165, 1.54) is 43.6 Å². The minimum Gasteiger partial charge on any atom is -0.493 e. The maximum atomic E-state index is 13.6. The molecule has 3 aromatic rings. The van der Waals surface area contributed by atoms with Gasteiger partial charge in [0.05, 0.1) is 13.0 Å². The van der Waals surface area contributed by atoms with Gasteiger partial charge in [0.2, 0.25) is 11.7 Å². The van der Waals surface area contributed by atoms with Crippen LogP contribution in [0.25, 0.3) is 5.57 Å². The molecule has 8 nitrogen and oxygen atoms in total. The lowest BCUT2D eigenvalue weighted by molar-refractivity contribution is -0.137. The number of allylic oxidation sites excluding steroid dienone is 1. The second-order valence-corrected chi connectivity index (χ2v) is 9.96. The van der Waals surface area contributed by atoms with E-state index in [1.807, 2.05) is 0 Å². The molecule has 0 radical (unpaired) electrons. The van der Waals surface area contributed by atoms with Gasteiger partial charge in [0, 0.05) is 23.5 Å². The lowest BCUT2D eigenvalue weighted by Crippen LogP contribution is -2.49. The summed E-state index contributed by atoms with van der Waals surface area (Å²) in [7, 11) is 1.36. The van der Waals surface area contributed by atoms with E-state index >= 15 is 0 Å². The maximum Gasteiger partial charge on any atom is 0.313 e. The number of halogens is 2. The summed E-state index contributed by atoms with van der Waals surface area (Å²) in [5.41, 5.74) is 1.92. The molecule has 1 heterocycles. The van der Waals surface area contributed by atoms with Crippen LogP contribution in [0.5, 0.6) is 11.5 Å². The van der Waals surface area contributed by atoms with Crippen LogP contribution in [0.3, 0.4) is 0 Å². The summed E-state index contributed by atoms with van der Waals surface area (Å²) in [6.07, 6.45) is 1.33. The lowest BCUT2D eigenvalue weighted by atomic mass is 9.95. The van der Waals surface area contributed by atoms with Crippen LogP contribution in [-0.2, 0) is 9.59 Å². The van der Waals surface area contributed by atoms with Crippen molar-refractivity contribution in [2.24, 2.45) is 11.8 Å². The van der Waals surface area contributed by atoms with Crippen molar-refractivity contribution in [3.05, 3.63) is 94.9 Å². The molecule has 2 N–H and O–H groups in total. The average molecular weight is 566 g/mol. The topological polar surface area (TPSA) is 107 Å². The van der Waals surface area contributed by atoms with Gasteiger partial charge in [0.1, 0.15) is 17.7 Å². The lowest BCUT2D eigenvalue weighted by Gasteiger charge is -2.23. The van der Waals surface area contributed by atoms with Crippen LogP contribution in [0.2, 0.25) is 0 Å². The van der Waals surface area contributed by atoms with Crippen molar-refractivity contribution in [1.82, 2.24) is 15.6 Å². The predicted octanol–water partition coefficient (Wildman–Crippen LogP) is 5.28. The van der Waals surface area contributed by atoms with Crippen molar-refractivity contribution in [3.63, 3.8) is 0 Å². The molecule has 0 spiro atoms. The van der Waals surface area contributed by atoms with Gasteiger partial charge in [-0.25, -0.2) is 13.8 Å². The summed E-state index contributed by atoms with van der Waals surface area (Å²) >= 11 is 0. The molecule has 1 aromatic heterocycles. The van der Waals surface area contributed by atoms with E-state index in [9.17, 15) is 23.2 Å². The van der Waals surface area contributed by atoms with E-state index in [0.29, 0.717) is 22.4 Å². The Kier molecular flexibility index (Phi) is 10.3. The molecular formula is C31H33F2N3O5. The molecule has 3 rings (SSSR count). The monoisotopic (exact) mass is 565 g/mol. The quantitative estimate of drug-likeness (QED) is 0.324. The minimum atomic E-state index is -1.03.